The molecule has 0 fully saturated rings. The third-order valence-electron chi connectivity index (χ3n) is 1.95. The fourth-order valence-corrected chi connectivity index (χ4v) is 1.08. The molecule has 6 heteroatoms. The van der Waals surface area contributed by atoms with E-state index in [0.29, 0.717) is 18.2 Å². The Balaban J connectivity index is 2.55. The monoisotopic (exact) mass is 224 g/mol. The maximum absolute atomic E-state index is 11.4. The van der Waals surface area contributed by atoms with Gasteiger partial charge in [0.25, 0.3) is 0 Å². The summed E-state index contributed by atoms with van der Waals surface area (Å²) >= 11 is 0. The van der Waals surface area contributed by atoms with Gasteiger partial charge in [0.15, 0.2) is 5.75 Å². The van der Waals surface area contributed by atoms with E-state index < -0.39 is 0 Å². The highest BCUT2D eigenvalue weighted by Gasteiger charge is 2.12. The lowest BCUT2D eigenvalue weighted by Crippen LogP contribution is -2.37. The molecule has 88 valence electrons. The zero-order valence-electron chi connectivity index (χ0n) is 9.65. The Morgan fingerprint density at radius 2 is 2.12 bits per heavy atom. The van der Waals surface area contributed by atoms with Crippen LogP contribution in [0.5, 0.6) is 5.75 Å². The van der Waals surface area contributed by atoms with Crippen molar-refractivity contribution in [2.45, 2.75) is 19.9 Å². The Labute approximate surface area is 94.4 Å². The molecule has 0 aliphatic rings. The zero-order chi connectivity index (χ0) is 12.0. The molecular weight excluding hydrogens is 208 g/mol. The van der Waals surface area contributed by atoms with Crippen molar-refractivity contribution in [1.29, 1.82) is 0 Å². The maximum Gasteiger partial charge on any atom is 0.242 e. The summed E-state index contributed by atoms with van der Waals surface area (Å²) in [5, 5.41) is 5.59. The van der Waals surface area contributed by atoms with E-state index in [1.807, 2.05) is 6.92 Å². The minimum atomic E-state index is -0.367. The summed E-state index contributed by atoms with van der Waals surface area (Å²) in [5.41, 5.74) is 0. The predicted molar refractivity (Wildman–Crippen MR) is 60.4 cm³/mol. The highest BCUT2D eigenvalue weighted by atomic mass is 16.5. The summed E-state index contributed by atoms with van der Waals surface area (Å²) < 4.78 is 4.93. The molecule has 1 unspecified atom stereocenters. The highest BCUT2D eigenvalue weighted by Crippen LogP contribution is 2.07. The minimum Gasteiger partial charge on any atom is -0.494 e. The second-order valence-electron chi connectivity index (χ2n) is 3.21. The lowest BCUT2D eigenvalue weighted by molar-refractivity contribution is -0.121. The molecule has 2 N–H and O–H groups in total. The Morgan fingerprint density at radius 3 is 2.62 bits per heavy atom. The van der Waals surface area contributed by atoms with Gasteiger partial charge in [-0.1, -0.05) is 0 Å². The third kappa shape index (κ3) is 3.38. The smallest absolute Gasteiger partial charge is 0.242 e. The molecule has 0 aliphatic heterocycles. The summed E-state index contributed by atoms with van der Waals surface area (Å²) in [6, 6.07) is -0.367. The summed E-state index contributed by atoms with van der Waals surface area (Å²) in [6.07, 6.45) is 3.08. The quantitative estimate of drug-likeness (QED) is 0.758. The average molecular weight is 224 g/mol. The van der Waals surface area contributed by atoms with Crippen LogP contribution in [-0.4, -0.2) is 35.6 Å². The average Bonchev–Trinajstić information content (AvgIpc) is 2.30. The van der Waals surface area contributed by atoms with Gasteiger partial charge in [0.1, 0.15) is 6.04 Å². The zero-order valence-corrected chi connectivity index (χ0v) is 9.65. The first-order valence-corrected chi connectivity index (χ1v) is 5.07. The number of methoxy groups -OCH3 is 1. The van der Waals surface area contributed by atoms with Gasteiger partial charge in [-0.05, 0) is 13.8 Å². The van der Waals surface area contributed by atoms with E-state index in [0.717, 1.165) is 0 Å². The number of carbonyl (C=O) groups excluding carboxylic acids is 1. The number of aromatic nitrogens is 2. The summed E-state index contributed by atoms with van der Waals surface area (Å²) in [5.74, 6) is 0.901. The minimum absolute atomic E-state index is 0.0816. The Kier molecular flexibility index (Phi) is 4.50. The molecule has 1 aromatic rings. The van der Waals surface area contributed by atoms with E-state index in [4.69, 9.17) is 4.74 Å². The van der Waals surface area contributed by atoms with Crippen LogP contribution >= 0.6 is 0 Å². The SMILES string of the molecule is CCNC(=O)C(C)Nc1ncc(OC)cn1. The number of anilines is 1. The molecule has 0 aliphatic carbocycles. The van der Waals surface area contributed by atoms with Crippen LogP contribution in [0.15, 0.2) is 12.4 Å². The van der Waals surface area contributed by atoms with Crippen LogP contribution in [0, 0.1) is 0 Å². The molecule has 1 rings (SSSR count). The van der Waals surface area contributed by atoms with Crippen molar-refractivity contribution in [3.8, 4) is 5.75 Å². The van der Waals surface area contributed by atoms with E-state index in [-0.39, 0.29) is 11.9 Å². The number of nitrogens with zero attached hydrogens (tertiary/aromatic N) is 2. The summed E-state index contributed by atoms with van der Waals surface area (Å²) in [7, 11) is 1.54. The van der Waals surface area contributed by atoms with Crippen molar-refractivity contribution in [1.82, 2.24) is 15.3 Å². The lowest BCUT2D eigenvalue weighted by Gasteiger charge is -2.12. The normalized spacial score (nSPS) is 11.7. The Morgan fingerprint density at radius 1 is 1.50 bits per heavy atom. The predicted octanol–water partition coefficient (Wildman–Crippen LogP) is 0.422. The molecule has 16 heavy (non-hydrogen) atoms. The molecule has 0 radical (unpaired) electrons. The molecular formula is C10H16N4O2. The van der Waals surface area contributed by atoms with Crippen LogP contribution in [0.2, 0.25) is 0 Å². The fraction of sp³-hybridized carbons (Fsp3) is 0.500. The molecule has 0 saturated carbocycles. The second kappa shape index (κ2) is 5.89. The van der Waals surface area contributed by atoms with Crippen LogP contribution < -0.4 is 15.4 Å². The Hall–Kier alpha value is -1.85. The molecule has 6 nitrogen and oxygen atoms in total. The van der Waals surface area contributed by atoms with Gasteiger partial charge >= 0.3 is 0 Å². The molecule has 0 bridgehead atoms. The van der Waals surface area contributed by atoms with Crippen molar-refractivity contribution in [2.75, 3.05) is 19.0 Å². The molecule has 1 atom stereocenters. The first-order valence-electron chi connectivity index (χ1n) is 5.07. The molecule has 1 amide bonds. The van der Waals surface area contributed by atoms with Crippen LogP contribution in [0.3, 0.4) is 0 Å². The van der Waals surface area contributed by atoms with Gasteiger partial charge in [-0.3, -0.25) is 4.79 Å². The number of nitrogens with one attached hydrogen (secondary N) is 2. The van der Waals surface area contributed by atoms with Gasteiger partial charge in [-0.15, -0.1) is 0 Å². The molecule has 0 saturated heterocycles. The van der Waals surface area contributed by atoms with Crippen molar-refractivity contribution in [3.05, 3.63) is 12.4 Å². The lowest BCUT2D eigenvalue weighted by atomic mass is 10.3. The van der Waals surface area contributed by atoms with Crippen LogP contribution in [0.1, 0.15) is 13.8 Å². The third-order valence-corrected chi connectivity index (χ3v) is 1.95. The van der Waals surface area contributed by atoms with Gasteiger partial charge in [0.2, 0.25) is 11.9 Å². The molecule has 1 heterocycles. The number of hydrogen-bond acceptors (Lipinski definition) is 5. The van der Waals surface area contributed by atoms with E-state index in [2.05, 4.69) is 20.6 Å². The largest absolute Gasteiger partial charge is 0.494 e. The second-order valence-corrected chi connectivity index (χ2v) is 3.21. The van der Waals surface area contributed by atoms with Crippen molar-refractivity contribution >= 4 is 11.9 Å². The van der Waals surface area contributed by atoms with Crippen molar-refractivity contribution in [3.63, 3.8) is 0 Å². The van der Waals surface area contributed by atoms with Crippen molar-refractivity contribution in [2.24, 2.45) is 0 Å². The van der Waals surface area contributed by atoms with E-state index in [9.17, 15) is 4.79 Å². The van der Waals surface area contributed by atoms with E-state index in [1.165, 1.54) is 0 Å². The van der Waals surface area contributed by atoms with Gasteiger partial charge in [0.05, 0.1) is 19.5 Å². The van der Waals surface area contributed by atoms with Gasteiger partial charge in [-0.25, -0.2) is 9.97 Å². The standard InChI is InChI=1S/C10H16N4O2/c1-4-11-9(15)7(2)14-10-12-5-8(16-3)6-13-10/h5-7H,4H2,1-3H3,(H,11,15)(H,12,13,14). The van der Waals surface area contributed by atoms with Gasteiger partial charge in [0, 0.05) is 6.54 Å². The maximum atomic E-state index is 11.4. The number of ether oxygens (including phenoxy) is 1. The number of rotatable bonds is 5. The van der Waals surface area contributed by atoms with Gasteiger partial charge in [-0.2, -0.15) is 0 Å². The number of carbonyl (C=O) groups is 1. The number of amides is 1. The topological polar surface area (TPSA) is 76.1 Å². The van der Waals surface area contributed by atoms with Crippen molar-refractivity contribution < 1.29 is 9.53 Å². The highest BCUT2D eigenvalue weighted by molar-refractivity contribution is 5.83. The fourth-order valence-electron chi connectivity index (χ4n) is 1.08. The van der Waals surface area contributed by atoms with E-state index >= 15 is 0 Å². The summed E-state index contributed by atoms with van der Waals surface area (Å²) in [4.78, 5) is 19.4. The summed E-state index contributed by atoms with van der Waals surface area (Å²) in [6.45, 7) is 4.22. The van der Waals surface area contributed by atoms with Crippen LogP contribution in [-0.2, 0) is 4.79 Å². The number of hydrogen-bond donors (Lipinski definition) is 2. The van der Waals surface area contributed by atoms with Gasteiger partial charge < -0.3 is 15.4 Å². The molecule has 0 spiro atoms. The number of likely N-dealkylation sites (N-methyl/N-ethyl adjacent to an activating group) is 1. The molecule has 0 aromatic carbocycles. The Bertz CT molecular complexity index is 339. The molecule has 1 aromatic heterocycles. The first kappa shape index (κ1) is 12.2. The van der Waals surface area contributed by atoms with Crippen LogP contribution in [0.4, 0.5) is 5.95 Å². The first-order chi connectivity index (χ1) is 7.67. The van der Waals surface area contributed by atoms with E-state index in [1.54, 1.807) is 26.4 Å². The van der Waals surface area contributed by atoms with Crippen LogP contribution in [0.25, 0.3) is 0 Å².